The van der Waals surface area contributed by atoms with Crippen molar-refractivity contribution in [2.45, 2.75) is 32.6 Å². The van der Waals surface area contributed by atoms with Gasteiger partial charge in [0.2, 0.25) is 15.9 Å². The molecule has 1 aromatic rings. The standard InChI is InChI=1S/C14H23N3O3S/c1-5-15-13-8-10(2)14(11(3)9-13)21(19,20)17-7-6-16-12(4)18/h8-9,15,17H,5-7H2,1-4H3,(H,16,18). The van der Waals surface area contributed by atoms with E-state index >= 15 is 0 Å². The summed E-state index contributed by atoms with van der Waals surface area (Å²) in [6, 6.07) is 3.64. The fraction of sp³-hybridized carbons (Fsp3) is 0.500. The number of nitrogens with one attached hydrogen (secondary N) is 3. The van der Waals surface area contributed by atoms with Crippen molar-refractivity contribution in [3.8, 4) is 0 Å². The second-order valence-electron chi connectivity index (χ2n) is 4.85. The summed E-state index contributed by atoms with van der Waals surface area (Å²) in [7, 11) is -3.58. The number of carbonyl (C=O) groups is 1. The number of anilines is 1. The first-order chi connectivity index (χ1) is 9.77. The molecule has 0 heterocycles. The van der Waals surface area contributed by atoms with Crippen LogP contribution in [-0.4, -0.2) is 34.0 Å². The Balaban J connectivity index is 2.90. The van der Waals surface area contributed by atoms with Crippen LogP contribution in [0.3, 0.4) is 0 Å². The zero-order valence-corrected chi connectivity index (χ0v) is 13.7. The van der Waals surface area contributed by atoms with E-state index in [1.807, 2.05) is 19.1 Å². The summed E-state index contributed by atoms with van der Waals surface area (Å²) >= 11 is 0. The predicted octanol–water partition coefficient (Wildman–Crippen LogP) is 1.15. The molecule has 7 heteroatoms. The lowest BCUT2D eigenvalue weighted by atomic mass is 10.1. The van der Waals surface area contributed by atoms with Gasteiger partial charge in [0.1, 0.15) is 0 Å². The van der Waals surface area contributed by atoms with Gasteiger partial charge in [-0.3, -0.25) is 4.79 Å². The highest BCUT2D eigenvalue weighted by Gasteiger charge is 2.19. The summed E-state index contributed by atoms with van der Waals surface area (Å²) in [6.45, 7) is 8.13. The SMILES string of the molecule is CCNc1cc(C)c(S(=O)(=O)NCCNC(C)=O)c(C)c1. The molecule has 0 aliphatic carbocycles. The van der Waals surface area contributed by atoms with E-state index in [1.165, 1.54) is 6.92 Å². The third-order valence-electron chi connectivity index (χ3n) is 2.90. The van der Waals surface area contributed by atoms with Crippen molar-refractivity contribution in [2.24, 2.45) is 0 Å². The van der Waals surface area contributed by atoms with E-state index < -0.39 is 10.0 Å². The molecule has 0 unspecified atom stereocenters. The maximum atomic E-state index is 12.3. The Hall–Kier alpha value is -1.60. The average molecular weight is 313 g/mol. The topological polar surface area (TPSA) is 87.3 Å². The fourth-order valence-corrected chi connectivity index (χ4v) is 3.66. The summed E-state index contributed by atoms with van der Waals surface area (Å²) in [5.41, 5.74) is 2.29. The normalized spacial score (nSPS) is 11.2. The van der Waals surface area contributed by atoms with Crippen molar-refractivity contribution < 1.29 is 13.2 Å². The van der Waals surface area contributed by atoms with E-state index in [9.17, 15) is 13.2 Å². The molecule has 1 aromatic carbocycles. The third kappa shape index (κ3) is 5.02. The largest absolute Gasteiger partial charge is 0.385 e. The monoisotopic (exact) mass is 313 g/mol. The molecule has 0 aliphatic rings. The van der Waals surface area contributed by atoms with Gasteiger partial charge in [-0.25, -0.2) is 13.1 Å². The Labute approximate surface area is 126 Å². The minimum Gasteiger partial charge on any atom is -0.385 e. The average Bonchev–Trinajstić information content (AvgIpc) is 2.33. The van der Waals surface area contributed by atoms with Gasteiger partial charge in [-0.2, -0.15) is 0 Å². The number of amides is 1. The Morgan fingerprint density at radius 1 is 1.14 bits per heavy atom. The molecule has 0 saturated heterocycles. The van der Waals surface area contributed by atoms with Gasteiger partial charge in [0.05, 0.1) is 4.90 Å². The number of hydrogen-bond donors (Lipinski definition) is 3. The molecular formula is C14H23N3O3S. The highest BCUT2D eigenvalue weighted by atomic mass is 32.2. The van der Waals surface area contributed by atoms with E-state index in [0.29, 0.717) is 16.0 Å². The lowest BCUT2D eigenvalue weighted by Crippen LogP contribution is -2.34. The third-order valence-corrected chi connectivity index (χ3v) is 4.67. The maximum Gasteiger partial charge on any atom is 0.241 e. The maximum absolute atomic E-state index is 12.3. The first-order valence-corrected chi connectivity index (χ1v) is 8.35. The number of benzene rings is 1. The molecule has 1 amide bonds. The number of hydrogen-bond acceptors (Lipinski definition) is 4. The predicted molar refractivity (Wildman–Crippen MR) is 84.0 cm³/mol. The van der Waals surface area contributed by atoms with E-state index in [-0.39, 0.29) is 19.0 Å². The minimum absolute atomic E-state index is 0.162. The molecule has 0 atom stereocenters. The van der Waals surface area contributed by atoms with Crippen LogP contribution in [0.25, 0.3) is 0 Å². The second-order valence-corrected chi connectivity index (χ2v) is 6.55. The van der Waals surface area contributed by atoms with Gasteiger partial charge >= 0.3 is 0 Å². The van der Waals surface area contributed by atoms with Crippen LogP contribution in [0.1, 0.15) is 25.0 Å². The minimum atomic E-state index is -3.58. The molecule has 0 aromatic heterocycles. The molecule has 6 nitrogen and oxygen atoms in total. The van der Waals surface area contributed by atoms with Gasteiger partial charge in [-0.05, 0) is 44.0 Å². The molecule has 21 heavy (non-hydrogen) atoms. The van der Waals surface area contributed by atoms with Crippen LogP contribution in [0, 0.1) is 13.8 Å². The van der Waals surface area contributed by atoms with Crippen molar-refractivity contribution in [3.63, 3.8) is 0 Å². The first-order valence-electron chi connectivity index (χ1n) is 6.87. The number of carbonyl (C=O) groups excluding carboxylic acids is 1. The van der Waals surface area contributed by atoms with Gasteiger partial charge in [0.25, 0.3) is 0 Å². The highest BCUT2D eigenvalue weighted by Crippen LogP contribution is 2.24. The first kappa shape index (κ1) is 17.5. The summed E-state index contributed by atoms with van der Waals surface area (Å²) in [5.74, 6) is -0.184. The number of sulfonamides is 1. The van der Waals surface area contributed by atoms with E-state index in [0.717, 1.165) is 12.2 Å². The molecule has 0 fully saturated rings. The molecule has 0 radical (unpaired) electrons. The number of rotatable bonds is 7. The lowest BCUT2D eigenvalue weighted by molar-refractivity contribution is -0.118. The Kier molecular flexibility index (Phi) is 6.17. The zero-order chi connectivity index (χ0) is 16.0. The molecule has 3 N–H and O–H groups in total. The highest BCUT2D eigenvalue weighted by molar-refractivity contribution is 7.89. The van der Waals surface area contributed by atoms with Gasteiger partial charge in [0.15, 0.2) is 0 Å². The van der Waals surface area contributed by atoms with E-state index in [4.69, 9.17) is 0 Å². The van der Waals surface area contributed by atoms with Gasteiger partial charge in [-0.15, -0.1) is 0 Å². The van der Waals surface area contributed by atoms with Crippen molar-refractivity contribution >= 4 is 21.6 Å². The lowest BCUT2D eigenvalue weighted by Gasteiger charge is -2.14. The molecule has 1 rings (SSSR count). The molecular weight excluding hydrogens is 290 g/mol. The molecule has 118 valence electrons. The summed E-state index contributed by atoms with van der Waals surface area (Å²) < 4.78 is 27.2. The van der Waals surface area contributed by atoms with Crippen molar-refractivity contribution in [1.82, 2.24) is 10.0 Å². The molecule has 0 saturated carbocycles. The number of aryl methyl sites for hydroxylation is 2. The Bertz CT molecular complexity index is 589. The summed E-state index contributed by atoms with van der Waals surface area (Å²) in [6.07, 6.45) is 0. The van der Waals surface area contributed by atoms with Gasteiger partial charge in [0, 0.05) is 32.2 Å². The van der Waals surface area contributed by atoms with Crippen LogP contribution >= 0.6 is 0 Å². The van der Waals surface area contributed by atoms with Crippen molar-refractivity contribution in [3.05, 3.63) is 23.3 Å². The van der Waals surface area contributed by atoms with Crippen LogP contribution in [0.4, 0.5) is 5.69 Å². The Morgan fingerprint density at radius 3 is 2.19 bits per heavy atom. The summed E-state index contributed by atoms with van der Waals surface area (Å²) in [4.78, 5) is 11.0. The molecule has 0 bridgehead atoms. The molecule has 0 spiro atoms. The smallest absolute Gasteiger partial charge is 0.241 e. The van der Waals surface area contributed by atoms with Crippen LogP contribution in [0.5, 0.6) is 0 Å². The van der Waals surface area contributed by atoms with Crippen LogP contribution < -0.4 is 15.4 Å². The quantitative estimate of drug-likeness (QED) is 0.659. The Morgan fingerprint density at radius 2 is 1.71 bits per heavy atom. The van der Waals surface area contributed by atoms with Crippen LogP contribution in [-0.2, 0) is 14.8 Å². The zero-order valence-electron chi connectivity index (χ0n) is 12.9. The summed E-state index contributed by atoms with van der Waals surface area (Å²) in [5, 5.41) is 5.72. The van der Waals surface area contributed by atoms with E-state index in [2.05, 4.69) is 15.4 Å². The van der Waals surface area contributed by atoms with Gasteiger partial charge < -0.3 is 10.6 Å². The van der Waals surface area contributed by atoms with Crippen LogP contribution in [0.2, 0.25) is 0 Å². The second kappa shape index (κ2) is 7.42. The van der Waals surface area contributed by atoms with E-state index in [1.54, 1.807) is 13.8 Å². The van der Waals surface area contributed by atoms with Crippen molar-refractivity contribution in [1.29, 1.82) is 0 Å². The van der Waals surface area contributed by atoms with Gasteiger partial charge in [-0.1, -0.05) is 0 Å². The van der Waals surface area contributed by atoms with Crippen LogP contribution in [0.15, 0.2) is 17.0 Å². The fourth-order valence-electron chi connectivity index (χ4n) is 2.18. The van der Waals surface area contributed by atoms with Crippen molar-refractivity contribution in [2.75, 3.05) is 25.0 Å². The molecule has 0 aliphatic heterocycles.